The van der Waals surface area contributed by atoms with Crippen LogP contribution in [0, 0.1) is 0 Å². The molecule has 0 bridgehead atoms. The third-order valence-corrected chi connectivity index (χ3v) is 5.61. The summed E-state index contributed by atoms with van der Waals surface area (Å²) >= 11 is 0. The number of fused-ring (bicyclic) bond motifs is 1. The molecule has 1 amide bonds. The molecule has 0 saturated heterocycles. The van der Waals surface area contributed by atoms with Gasteiger partial charge in [-0.3, -0.25) is 19.5 Å². The van der Waals surface area contributed by atoms with Crippen LogP contribution in [-0.2, 0) is 13.0 Å². The summed E-state index contributed by atoms with van der Waals surface area (Å²) in [5, 5.41) is 5.95. The van der Waals surface area contributed by atoms with Crippen LogP contribution in [0.1, 0.15) is 41.4 Å². The Kier molecular flexibility index (Phi) is 6.27. The molecule has 1 aliphatic rings. The van der Waals surface area contributed by atoms with Crippen LogP contribution in [0.25, 0.3) is 11.0 Å². The second kappa shape index (κ2) is 9.26. The molecular weight excluding hydrogens is 392 g/mol. The highest BCUT2D eigenvalue weighted by atomic mass is 16.1. The third-order valence-electron chi connectivity index (χ3n) is 5.61. The first kappa shape index (κ1) is 21.0. The maximum absolute atomic E-state index is 12.1. The van der Waals surface area contributed by atoms with E-state index in [9.17, 15) is 9.59 Å². The molecule has 0 atom stereocenters. The molecule has 31 heavy (non-hydrogen) atoms. The number of aromatic nitrogens is 3. The van der Waals surface area contributed by atoms with Crippen LogP contribution >= 0.6 is 0 Å². The highest BCUT2D eigenvalue weighted by molar-refractivity contribution is 5.92. The lowest BCUT2D eigenvalue weighted by atomic mass is 10.1. The Labute approximate surface area is 181 Å². The number of nitrogens with zero attached hydrogens (tertiary/aromatic N) is 3. The van der Waals surface area contributed by atoms with Crippen molar-refractivity contribution in [1.82, 2.24) is 25.2 Å². The van der Waals surface area contributed by atoms with Gasteiger partial charge in [0.05, 0.1) is 22.9 Å². The van der Waals surface area contributed by atoms with E-state index in [1.54, 1.807) is 19.3 Å². The normalized spacial score (nSPS) is 13.5. The third kappa shape index (κ3) is 5.08. The van der Waals surface area contributed by atoms with E-state index in [1.807, 2.05) is 31.3 Å². The van der Waals surface area contributed by atoms with E-state index in [4.69, 9.17) is 0 Å². The minimum atomic E-state index is -0.192. The highest BCUT2D eigenvalue weighted by Crippen LogP contribution is 2.28. The van der Waals surface area contributed by atoms with Gasteiger partial charge in [-0.05, 0) is 49.1 Å². The summed E-state index contributed by atoms with van der Waals surface area (Å²) in [7, 11) is 1.59. The molecule has 3 aromatic rings. The first-order valence-corrected chi connectivity index (χ1v) is 10.7. The van der Waals surface area contributed by atoms with Crippen molar-refractivity contribution in [3.8, 4) is 0 Å². The van der Waals surface area contributed by atoms with Crippen LogP contribution in [0.15, 0.2) is 41.5 Å². The number of aromatic amines is 1. The van der Waals surface area contributed by atoms with Crippen molar-refractivity contribution < 1.29 is 4.79 Å². The number of carbonyl (C=O) groups excluding carboxylic acids is 1. The van der Waals surface area contributed by atoms with Crippen molar-refractivity contribution in [3.05, 3.63) is 63.8 Å². The SMILES string of the molecule is CCc1cc2ncc(CN(CCNc3ccc(C(=O)NC)nc3)C3CC3)cc2[nH]c1=O. The summed E-state index contributed by atoms with van der Waals surface area (Å²) < 4.78 is 0. The molecule has 0 aromatic carbocycles. The van der Waals surface area contributed by atoms with E-state index in [1.165, 1.54) is 12.8 Å². The van der Waals surface area contributed by atoms with Gasteiger partial charge in [-0.2, -0.15) is 0 Å². The van der Waals surface area contributed by atoms with Gasteiger partial charge in [-0.1, -0.05) is 6.92 Å². The molecule has 1 fully saturated rings. The van der Waals surface area contributed by atoms with E-state index in [0.717, 1.165) is 47.5 Å². The van der Waals surface area contributed by atoms with Gasteiger partial charge in [0.1, 0.15) is 5.69 Å². The van der Waals surface area contributed by atoms with Gasteiger partial charge in [0.25, 0.3) is 11.5 Å². The number of H-pyrrole nitrogens is 1. The number of amides is 1. The Morgan fingerprint density at radius 1 is 1.23 bits per heavy atom. The average molecular weight is 421 g/mol. The van der Waals surface area contributed by atoms with Gasteiger partial charge in [0.15, 0.2) is 0 Å². The second-order valence-corrected chi connectivity index (χ2v) is 7.89. The van der Waals surface area contributed by atoms with E-state index in [2.05, 4.69) is 30.5 Å². The maximum Gasteiger partial charge on any atom is 0.269 e. The number of aryl methyl sites for hydroxylation is 1. The number of carbonyl (C=O) groups is 1. The molecular formula is C23H28N6O2. The van der Waals surface area contributed by atoms with Crippen LogP contribution < -0.4 is 16.2 Å². The van der Waals surface area contributed by atoms with Gasteiger partial charge in [-0.15, -0.1) is 0 Å². The van der Waals surface area contributed by atoms with Crippen LogP contribution in [0.4, 0.5) is 5.69 Å². The number of hydrogen-bond acceptors (Lipinski definition) is 6. The molecule has 3 N–H and O–H groups in total. The van der Waals surface area contributed by atoms with E-state index in [0.29, 0.717) is 18.2 Å². The van der Waals surface area contributed by atoms with E-state index >= 15 is 0 Å². The lowest BCUT2D eigenvalue weighted by Gasteiger charge is -2.22. The van der Waals surface area contributed by atoms with Crippen LogP contribution in [-0.4, -0.2) is 51.9 Å². The molecule has 162 valence electrons. The molecule has 0 aliphatic heterocycles. The number of nitrogens with one attached hydrogen (secondary N) is 3. The van der Waals surface area contributed by atoms with Crippen molar-refractivity contribution in [2.45, 2.75) is 38.8 Å². The first-order chi connectivity index (χ1) is 15.1. The van der Waals surface area contributed by atoms with Crippen LogP contribution in [0.5, 0.6) is 0 Å². The standard InChI is InChI=1S/C23H28N6O2/c1-3-16-11-20-21(28-22(16)30)10-15(12-26-20)14-29(18-5-6-18)9-8-25-17-4-7-19(27-13-17)23(31)24-2/h4,7,10-13,18,25H,3,5-6,8-9,14H2,1-2H3,(H,24,31)(H,28,30). The lowest BCUT2D eigenvalue weighted by Crippen LogP contribution is -2.31. The Morgan fingerprint density at radius 3 is 2.74 bits per heavy atom. The number of rotatable bonds is 9. The summed E-state index contributed by atoms with van der Waals surface area (Å²) in [6, 6.07) is 8.09. The zero-order valence-electron chi connectivity index (χ0n) is 17.9. The van der Waals surface area contributed by atoms with Gasteiger partial charge in [0, 0.05) is 44.5 Å². The molecule has 8 nitrogen and oxygen atoms in total. The number of hydrogen-bond donors (Lipinski definition) is 3. The minimum absolute atomic E-state index is 0.0340. The van der Waals surface area contributed by atoms with E-state index in [-0.39, 0.29) is 11.5 Å². The summed E-state index contributed by atoms with van der Waals surface area (Å²) in [5.74, 6) is -0.192. The van der Waals surface area contributed by atoms with Crippen molar-refractivity contribution in [2.75, 3.05) is 25.5 Å². The van der Waals surface area contributed by atoms with Crippen LogP contribution in [0.2, 0.25) is 0 Å². The zero-order valence-corrected chi connectivity index (χ0v) is 17.9. The van der Waals surface area contributed by atoms with Crippen molar-refractivity contribution in [1.29, 1.82) is 0 Å². The topological polar surface area (TPSA) is 103 Å². The lowest BCUT2D eigenvalue weighted by molar-refractivity contribution is 0.0958. The summed E-state index contributed by atoms with van der Waals surface area (Å²) in [6.07, 6.45) is 6.70. The minimum Gasteiger partial charge on any atom is -0.383 e. The molecule has 4 rings (SSSR count). The predicted molar refractivity (Wildman–Crippen MR) is 121 cm³/mol. The fourth-order valence-corrected chi connectivity index (χ4v) is 3.69. The second-order valence-electron chi connectivity index (χ2n) is 7.89. The molecule has 0 unspecified atom stereocenters. The fourth-order valence-electron chi connectivity index (χ4n) is 3.69. The predicted octanol–water partition coefficient (Wildman–Crippen LogP) is 2.32. The number of pyridine rings is 3. The summed E-state index contributed by atoms with van der Waals surface area (Å²) in [4.78, 5) is 37.9. The number of anilines is 1. The Hall–Kier alpha value is -3.26. The average Bonchev–Trinajstić information content (AvgIpc) is 3.63. The highest BCUT2D eigenvalue weighted by Gasteiger charge is 2.28. The molecule has 0 spiro atoms. The smallest absolute Gasteiger partial charge is 0.269 e. The quantitative estimate of drug-likeness (QED) is 0.491. The van der Waals surface area contributed by atoms with Crippen molar-refractivity contribution in [3.63, 3.8) is 0 Å². The molecule has 8 heteroatoms. The van der Waals surface area contributed by atoms with Crippen molar-refractivity contribution >= 4 is 22.6 Å². The molecule has 3 heterocycles. The van der Waals surface area contributed by atoms with Crippen LogP contribution in [0.3, 0.4) is 0 Å². The van der Waals surface area contributed by atoms with Gasteiger partial charge >= 0.3 is 0 Å². The Balaban J connectivity index is 1.38. The summed E-state index contributed by atoms with van der Waals surface area (Å²) in [5.41, 5.74) is 4.73. The molecule has 0 radical (unpaired) electrons. The molecule has 1 aliphatic carbocycles. The van der Waals surface area contributed by atoms with Gasteiger partial charge in [0.2, 0.25) is 0 Å². The summed E-state index contributed by atoms with van der Waals surface area (Å²) in [6.45, 7) is 4.42. The molecule has 3 aromatic heterocycles. The van der Waals surface area contributed by atoms with Gasteiger partial charge < -0.3 is 15.6 Å². The maximum atomic E-state index is 12.1. The fraction of sp³-hybridized carbons (Fsp3) is 0.391. The Bertz CT molecular complexity index is 1120. The molecule has 1 saturated carbocycles. The zero-order chi connectivity index (χ0) is 21.8. The first-order valence-electron chi connectivity index (χ1n) is 10.7. The Morgan fingerprint density at radius 2 is 2.06 bits per heavy atom. The van der Waals surface area contributed by atoms with E-state index < -0.39 is 0 Å². The van der Waals surface area contributed by atoms with Crippen molar-refractivity contribution in [2.24, 2.45) is 0 Å². The largest absolute Gasteiger partial charge is 0.383 e. The monoisotopic (exact) mass is 420 g/mol. The van der Waals surface area contributed by atoms with Gasteiger partial charge in [-0.25, -0.2) is 4.98 Å².